The Morgan fingerprint density at radius 1 is 1.00 bits per heavy atom. The van der Waals surface area contributed by atoms with Crippen molar-refractivity contribution in [1.82, 2.24) is 0 Å². The normalized spacial score (nSPS) is 23.9. The lowest BCUT2D eigenvalue weighted by molar-refractivity contribution is -0.336. The number of methoxy groups -OCH3 is 1. The molecule has 0 bridgehead atoms. The molecule has 0 amide bonds. The molecule has 0 spiro atoms. The first-order valence-electron chi connectivity index (χ1n) is 9.01. The molecule has 1 heterocycles. The van der Waals surface area contributed by atoms with Crippen molar-refractivity contribution in [3.05, 3.63) is 71.8 Å². The van der Waals surface area contributed by atoms with Gasteiger partial charge in [0.2, 0.25) is 12.6 Å². The van der Waals surface area contributed by atoms with E-state index in [0.717, 1.165) is 11.1 Å². The van der Waals surface area contributed by atoms with Gasteiger partial charge >= 0.3 is 0 Å². The highest BCUT2D eigenvalue weighted by Crippen LogP contribution is 2.19. The van der Waals surface area contributed by atoms with E-state index in [1.807, 2.05) is 60.7 Å². The van der Waals surface area contributed by atoms with Crippen LogP contribution in [0.1, 0.15) is 11.1 Å². The maximum atomic E-state index is 10.0. The van der Waals surface area contributed by atoms with Crippen LogP contribution in [0.3, 0.4) is 0 Å². The van der Waals surface area contributed by atoms with E-state index < -0.39 is 18.7 Å². The lowest BCUT2D eigenvalue weighted by Gasteiger charge is -2.36. The highest BCUT2D eigenvalue weighted by atomic mass is 16.8. The molecular formula is C21H26O6. The Labute approximate surface area is 159 Å². The summed E-state index contributed by atoms with van der Waals surface area (Å²) in [6, 6.07) is 19.8. The molecule has 4 unspecified atom stereocenters. The first-order valence-corrected chi connectivity index (χ1v) is 9.01. The summed E-state index contributed by atoms with van der Waals surface area (Å²) in [5.74, 6) is 0. The third-order valence-electron chi connectivity index (χ3n) is 4.32. The topological polar surface area (TPSA) is 66.4 Å². The zero-order valence-corrected chi connectivity index (χ0v) is 15.4. The molecule has 1 aliphatic rings. The fraction of sp³-hybridized carbons (Fsp3) is 0.429. The molecule has 146 valence electrons. The molecule has 27 heavy (non-hydrogen) atoms. The monoisotopic (exact) mass is 374 g/mol. The predicted octanol–water partition coefficient (Wildman–Crippen LogP) is 2.49. The summed E-state index contributed by atoms with van der Waals surface area (Å²) >= 11 is 0. The van der Waals surface area contributed by atoms with E-state index in [-0.39, 0.29) is 12.7 Å². The van der Waals surface area contributed by atoms with Crippen molar-refractivity contribution < 1.29 is 28.8 Å². The van der Waals surface area contributed by atoms with E-state index in [4.69, 9.17) is 23.7 Å². The molecule has 0 radical (unpaired) electrons. The average Bonchev–Trinajstić information content (AvgIpc) is 2.72. The largest absolute Gasteiger partial charge is 0.374 e. The smallest absolute Gasteiger partial charge is 0.209 e. The quantitative estimate of drug-likeness (QED) is 0.728. The summed E-state index contributed by atoms with van der Waals surface area (Å²) in [5, 5.41) is 10.0. The summed E-state index contributed by atoms with van der Waals surface area (Å²) in [6.07, 6.45) is -2.79. The first-order chi connectivity index (χ1) is 13.3. The molecule has 0 aliphatic carbocycles. The Bertz CT molecular complexity index is 650. The molecule has 2 aromatic rings. The van der Waals surface area contributed by atoms with Crippen LogP contribution in [0.25, 0.3) is 0 Å². The van der Waals surface area contributed by atoms with E-state index in [9.17, 15) is 5.11 Å². The lowest BCUT2D eigenvalue weighted by Crippen LogP contribution is -2.50. The van der Waals surface area contributed by atoms with Gasteiger partial charge < -0.3 is 28.8 Å². The number of aliphatic hydroxyl groups is 1. The van der Waals surface area contributed by atoms with Gasteiger partial charge in [0.05, 0.1) is 26.4 Å². The van der Waals surface area contributed by atoms with Gasteiger partial charge in [-0.15, -0.1) is 0 Å². The molecule has 6 nitrogen and oxygen atoms in total. The molecule has 1 fully saturated rings. The van der Waals surface area contributed by atoms with Crippen molar-refractivity contribution in [3.8, 4) is 0 Å². The maximum Gasteiger partial charge on any atom is 0.209 e. The predicted molar refractivity (Wildman–Crippen MR) is 98.7 cm³/mol. The fourth-order valence-corrected chi connectivity index (χ4v) is 2.84. The standard InChI is InChI=1S/C21H26O6/c1-23-21-20(22)27-19(15-26-21)18(25-13-17-10-6-3-7-11-17)14-24-12-16-8-4-2-5-9-16/h2-11,18-22H,12-15H2,1H3. The first kappa shape index (κ1) is 19.9. The number of aliphatic hydroxyl groups excluding tert-OH is 1. The van der Waals surface area contributed by atoms with Crippen molar-refractivity contribution in [3.63, 3.8) is 0 Å². The van der Waals surface area contributed by atoms with Gasteiger partial charge in [0.15, 0.2) is 0 Å². The molecule has 3 rings (SSSR count). The van der Waals surface area contributed by atoms with Gasteiger partial charge in [0.25, 0.3) is 0 Å². The average molecular weight is 374 g/mol. The molecular weight excluding hydrogens is 348 g/mol. The van der Waals surface area contributed by atoms with Crippen LogP contribution >= 0.6 is 0 Å². The van der Waals surface area contributed by atoms with Gasteiger partial charge in [-0.2, -0.15) is 0 Å². The van der Waals surface area contributed by atoms with Gasteiger partial charge in [-0.25, -0.2) is 0 Å². The Morgan fingerprint density at radius 3 is 2.22 bits per heavy atom. The maximum absolute atomic E-state index is 10.0. The lowest BCUT2D eigenvalue weighted by atomic mass is 10.2. The van der Waals surface area contributed by atoms with Crippen molar-refractivity contribution >= 4 is 0 Å². The van der Waals surface area contributed by atoms with Crippen molar-refractivity contribution in [1.29, 1.82) is 0 Å². The van der Waals surface area contributed by atoms with Crippen LogP contribution < -0.4 is 0 Å². The van der Waals surface area contributed by atoms with E-state index in [0.29, 0.717) is 19.8 Å². The second-order valence-corrected chi connectivity index (χ2v) is 6.34. The Morgan fingerprint density at radius 2 is 1.63 bits per heavy atom. The van der Waals surface area contributed by atoms with E-state index in [2.05, 4.69) is 0 Å². The minimum atomic E-state index is -1.16. The molecule has 1 N–H and O–H groups in total. The third-order valence-corrected chi connectivity index (χ3v) is 4.32. The molecule has 6 heteroatoms. The fourth-order valence-electron chi connectivity index (χ4n) is 2.84. The van der Waals surface area contributed by atoms with Crippen molar-refractivity contribution in [2.24, 2.45) is 0 Å². The van der Waals surface area contributed by atoms with Gasteiger partial charge in [0.1, 0.15) is 12.2 Å². The van der Waals surface area contributed by atoms with Crippen LogP contribution in [0.4, 0.5) is 0 Å². The van der Waals surface area contributed by atoms with E-state index in [1.165, 1.54) is 7.11 Å². The Hall–Kier alpha value is -1.80. The molecule has 0 saturated carbocycles. The second-order valence-electron chi connectivity index (χ2n) is 6.34. The van der Waals surface area contributed by atoms with Gasteiger partial charge in [0, 0.05) is 7.11 Å². The Balaban J connectivity index is 1.57. The van der Waals surface area contributed by atoms with E-state index in [1.54, 1.807) is 0 Å². The zero-order valence-electron chi connectivity index (χ0n) is 15.4. The highest BCUT2D eigenvalue weighted by molar-refractivity contribution is 5.14. The number of hydrogen-bond acceptors (Lipinski definition) is 6. The van der Waals surface area contributed by atoms with E-state index >= 15 is 0 Å². The number of benzene rings is 2. The molecule has 2 aromatic carbocycles. The van der Waals surface area contributed by atoms with Crippen LogP contribution in [0, 0.1) is 0 Å². The number of hydrogen-bond donors (Lipinski definition) is 1. The SMILES string of the molecule is COC1OCC(C(COCc2ccccc2)OCc2ccccc2)OC1O. The van der Waals surface area contributed by atoms with Crippen LogP contribution in [0.5, 0.6) is 0 Å². The third kappa shape index (κ3) is 6.10. The van der Waals surface area contributed by atoms with Crippen LogP contribution in [-0.4, -0.2) is 50.2 Å². The van der Waals surface area contributed by atoms with Gasteiger partial charge in [-0.05, 0) is 11.1 Å². The zero-order chi connectivity index (χ0) is 18.9. The summed E-state index contributed by atoms with van der Waals surface area (Å²) in [7, 11) is 1.46. The highest BCUT2D eigenvalue weighted by Gasteiger charge is 2.35. The summed E-state index contributed by atoms with van der Waals surface area (Å²) in [4.78, 5) is 0. The number of ether oxygens (including phenoxy) is 5. The van der Waals surface area contributed by atoms with Gasteiger partial charge in [-0.3, -0.25) is 0 Å². The molecule has 0 aromatic heterocycles. The summed E-state index contributed by atoms with van der Waals surface area (Å²) in [5.41, 5.74) is 2.14. The molecule has 1 aliphatic heterocycles. The minimum Gasteiger partial charge on any atom is -0.374 e. The molecule has 1 saturated heterocycles. The minimum absolute atomic E-state index is 0.254. The summed E-state index contributed by atoms with van der Waals surface area (Å²) in [6.45, 7) is 1.47. The van der Waals surface area contributed by atoms with Crippen molar-refractivity contribution in [2.75, 3.05) is 20.3 Å². The van der Waals surface area contributed by atoms with Gasteiger partial charge in [-0.1, -0.05) is 60.7 Å². The van der Waals surface area contributed by atoms with Crippen molar-refractivity contribution in [2.45, 2.75) is 38.0 Å². The van der Waals surface area contributed by atoms with Crippen LogP contribution in [0.2, 0.25) is 0 Å². The summed E-state index contributed by atoms with van der Waals surface area (Å²) < 4.78 is 28.1. The van der Waals surface area contributed by atoms with Crippen LogP contribution in [-0.2, 0) is 36.9 Å². The second kappa shape index (κ2) is 10.5. The molecule has 4 atom stereocenters. The Kier molecular flexibility index (Phi) is 7.77. The number of rotatable bonds is 9. The van der Waals surface area contributed by atoms with Crippen LogP contribution in [0.15, 0.2) is 60.7 Å².